The lowest BCUT2D eigenvalue weighted by molar-refractivity contribution is -0.119. The van der Waals surface area contributed by atoms with Gasteiger partial charge in [-0.25, -0.2) is 0 Å². The van der Waals surface area contributed by atoms with Crippen LogP contribution < -0.4 is 10.6 Å². The fourth-order valence-electron chi connectivity index (χ4n) is 2.23. The Balaban J connectivity index is 1.81. The van der Waals surface area contributed by atoms with Crippen molar-refractivity contribution in [2.75, 3.05) is 11.9 Å². The summed E-state index contributed by atoms with van der Waals surface area (Å²) in [5.41, 5.74) is 1.53. The van der Waals surface area contributed by atoms with Gasteiger partial charge >= 0.3 is 0 Å². The van der Waals surface area contributed by atoms with Gasteiger partial charge in [-0.3, -0.25) is 4.79 Å². The molecule has 1 amide bonds. The summed E-state index contributed by atoms with van der Waals surface area (Å²) in [4.78, 5) is 11.7. The first-order chi connectivity index (χ1) is 9.78. The largest absolute Gasteiger partial charge is 0.376 e. The van der Waals surface area contributed by atoms with Gasteiger partial charge in [0.25, 0.3) is 0 Å². The van der Waals surface area contributed by atoms with Crippen LogP contribution in [0.5, 0.6) is 0 Å². The molecule has 1 aliphatic carbocycles. The fraction of sp³-hybridized carbons (Fsp3) is 0.250. The van der Waals surface area contributed by atoms with E-state index in [0.717, 1.165) is 29.3 Å². The molecule has 2 aromatic rings. The summed E-state index contributed by atoms with van der Waals surface area (Å²) in [7, 11) is 0. The number of carbonyl (C=O) groups excluding carboxylic acids is 1. The quantitative estimate of drug-likeness (QED) is 0.892. The first kappa shape index (κ1) is 12.5. The lowest BCUT2D eigenvalue weighted by atomic mass is 10.0. The number of hydrogen-bond donors (Lipinski definition) is 2. The zero-order chi connectivity index (χ0) is 13.9. The Morgan fingerprint density at radius 1 is 1.20 bits per heavy atom. The number of benzene rings is 2. The smallest absolute Gasteiger partial charge is 0.239 e. The summed E-state index contributed by atoms with van der Waals surface area (Å²) < 4.78 is 0. The maximum atomic E-state index is 11.7. The van der Waals surface area contributed by atoms with Crippen LogP contribution in [0.4, 0.5) is 5.69 Å². The van der Waals surface area contributed by atoms with E-state index in [1.165, 1.54) is 0 Å². The van der Waals surface area contributed by atoms with Crippen molar-refractivity contribution in [2.24, 2.45) is 0 Å². The molecule has 100 valence electrons. The van der Waals surface area contributed by atoms with Crippen molar-refractivity contribution in [1.29, 1.82) is 5.26 Å². The van der Waals surface area contributed by atoms with E-state index in [4.69, 9.17) is 5.26 Å². The lowest BCUT2D eigenvalue weighted by Gasteiger charge is -2.10. The molecule has 0 aromatic heterocycles. The van der Waals surface area contributed by atoms with Gasteiger partial charge in [-0.1, -0.05) is 24.3 Å². The van der Waals surface area contributed by atoms with Crippen LogP contribution in [-0.2, 0) is 4.79 Å². The lowest BCUT2D eigenvalue weighted by Crippen LogP contribution is -2.31. The Labute approximate surface area is 117 Å². The molecule has 0 bridgehead atoms. The van der Waals surface area contributed by atoms with Crippen molar-refractivity contribution < 1.29 is 4.79 Å². The minimum absolute atomic E-state index is 0.0148. The second-order valence-electron chi connectivity index (χ2n) is 5.01. The second kappa shape index (κ2) is 5.22. The average Bonchev–Trinajstić information content (AvgIpc) is 3.28. The molecule has 0 aliphatic heterocycles. The van der Waals surface area contributed by atoms with E-state index in [9.17, 15) is 4.79 Å². The molecule has 2 N–H and O–H groups in total. The Hall–Kier alpha value is -2.54. The number of carbonyl (C=O) groups is 1. The highest BCUT2D eigenvalue weighted by Crippen LogP contribution is 2.26. The van der Waals surface area contributed by atoms with Gasteiger partial charge in [0.2, 0.25) is 5.91 Å². The Morgan fingerprint density at radius 3 is 2.65 bits per heavy atom. The predicted molar refractivity (Wildman–Crippen MR) is 78.3 cm³/mol. The minimum Gasteiger partial charge on any atom is -0.376 e. The summed E-state index contributed by atoms with van der Waals surface area (Å²) in [6.07, 6.45) is 2.18. The SMILES string of the molecule is N#Cc1ccc(NCC(=O)NC2CC2)c2ccccc12. The normalized spacial score (nSPS) is 13.8. The van der Waals surface area contributed by atoms with E-state index >= 15 is 0 Å². The molecule has 0 atom stereocenters. The van der Waals surface area contributed by atoms with Gasteiger partial charge in [-0.05, 0) is 25.0 Å². The predicted octanol–water partition coefficient (Wildman–Crippen LogP) is 2.40. The van der Waals surface area contributed by atoms with E-state index in [0.29, 0.717) is 11.6 Å². The highest BCUT2D eigenvalue weighted by Gasteiger charge is 2.22. The first-order valence-corrected chi connectivity index (χ1v) is 6.73. The number of anilines is 1. The second-order valence-corrected chi connectivity index (χ2v) is 5.01. The van der Waals surface area contributed by atoms with Gasteiger partial charge in [-0.2, -0.15) is 5.26 Å². The van der Waals surface area contributed by atoms with Crippen LogP contribution in [0, 0.1) is 11.3 Å². The molecule has 1 saturated carbocycles. The Kier molecular flexibility index (Phi) is 3.26. The van der Waals surface area contributed by atoms with Crippen LogP contribution >= 0.6 is 0 Å². The molecule has 1 fully saturated rings. The van der Waals surface area contributed by atoms with Crippen LogP contribution in [0.25, 0.3) is 10.8 Å². The zero-order valence-corrected chi connectivity index (χ0v) is 11.0. The van der Waals surface area contributed by atoms with Gasteiger partial charge in [0.15, 0.2) is 0 Å². The Bertz CT molecular complexity index is 698. The van der Waals surface area contributed by atoms with E-state index in [1.54, 1.807) is 6.07 Å². The average molecular weight is 265 g/mol. The summed E-state index contributed by atoms with van der Waals surface area (Å²) >= 11 is 0. The van der Waals surface area contributed by atoms with E-state index < -0.39 is 0 Å². The van der Waals surface area contributed by atoms with Gasteiger partial charge in [0, 0.05) is 22.5 Å². The summed E-state index contributed by atoms with van der Waals surface area (Å²) in [5, 5.41) is 17.1. The van der Waals surface area contributed by atoms with Crippen molar-refractivity contribution in [3.63, 3.8) is 0 Å². The Morgan fingerprint density at radius 2 is 1.95 bits per heavy atom. The van der Waals surface area contributed by atoms with E-state index in [2.05, 4.69) is 16.7 Å². The van der Waals surface area contributed by atoms with Crippen molar-refractivity contribution in [2.45, 2.75) is 18.9 Å². The van der Waals surface area contributed by atoms with Crippen molar-refractivity contribution in [3.8, 4) is 6.07 Å². The van der Waals surface area contributed by atoms with Crippen LogP contribution in [0.1, 0.15) is 18.4 Å². The maximum Gasteiger partial charge on any atom is 0.239 e. The fourth-order valence-corrected chi connectivity index (χ4v) is 2.23. The highest BCUT2D eigenvalue weighted by molar-refractivity contribution is 5.98. The van der Waals surface area contributed by atoms with Crippen LogP contribution in [-0.4, -0.2) is 18.5 Å². The number of rotatable bonds is 4. The molecule has 4 heteroatoms. The molecule has 0 heterocycles. The number of fused-ring (bicyclic) bond motifs is 1. The third-order valence-corrected chi connectivity index (χ3v) is 3.43. The topological polar surface area (TPSA) is 64.9 Å². The van der Waals surface area contributed by atoms with E-state index in [1.807, 2.05) is 30.3 Å². The molecule has 3 rings (SSSR count). The third kappa shape index (κ3) is 2.57. The third-order valence-electron chi connectivity index (χ3n) is 3.43. The zero-order valence-electron chi connectivity index (χ0n) is 11.0. The van der Waals surface area contributed by atoms with Crippen molar-refractivity contribution in [1.82, 2.24) is 5.32 Å². The maximum absolute atomic E-state index is 11.7. The summed E-state index contributed by atoms with van der Waals surface area (Å²) in [5.74, 6) is 0.0148. The summed E-state index contributed by atoms with van der Waals surface area (Å²) in [6, 6.07) is 13.9. The molecule has 0 radical (unpaired) electrons. The number of amides is 1. The number of nitrogens with one attached hydrogen (secondary N) is 2. The van der Waals surface area contributed by atoms with Crippen LogP contribution in [0.15, 0.2) is 36.4 Å². The first-order valence-electron chi connectivity index (χ1n) is 6.73. The molecule has 0 saturated heterocycles. The molecular formula is C16H15N3O. The molecule has 0 spiro atoms. The molecule has 20 heavy (non-hydrogen) atoms. The molecule has 2 aromatic carbocycles. The van der Waals surface area contributed by atoms with Gasteiger partial charge in [-0.15, -0.1) is 0 Å². The van der Waals surface area contributed by atoms with Crippen LogP contribution in [0.2, 0.25) is 0 Å². The monoisotopic (exact) mass is 265 g/mol. The number of hydrogen-bond acceptors (Lipinski definition) is 3. The molecular weight excluding hydrogens is 250 g/mol. The minimum atomic E-state index is 0.0148. The van der Waals surface area contributed by atoms with Gasteiger partial charge < -0.3 is 10.6 Å². The number of nitriles is 1. The highest BCUT2D eigenvalue weighted by atomic mass is 16.2. The van der Waals surface area contributed by atoms with Crippen molar-refractivity contribution >= 4 is 22.4 Å². The summed E-state index contributed by atoms with van der Waals surface area (Å²) in [6.45, 7) is 0.256. The van der Waals surface area contributed by atoms with Crippen LogP contribution in [0.3, 0.4) is 0 Å². The number of nitrogens with zero attached hydrogens (tertiary/aromatic N) is 1. The molecule has 4 nitrogen and oxygen atoms in total. The van der Waals surface area contributed by atoms with Gasteiger partial charge in [0.1, 0.15) is 0 Å². The van der Waals surface area contributed by atoms with E-state index in [-0.39, 0.29) is 12.5 Å². The van der Waals surface area contributed by atoms with Gasteiger partial charge in [0.05, 0.1) is 18.2 Å². The molecule has 1 aliphatic rings. The van der Waals surface area contributed by atoms with Crippen molar-refractivity contribution in [3.05, 3.63) is 42.0 Å². The standard InChI is InChI=1S/C16H15N3O/c17-9-11-5-8-15(14-4-2-1-3-13(11)14)18-10-16(20)19-12-6-7-12/h1-5,8,12,18H,6-7,10H2,(H,19,20). The molecule has 0 unspecified atom stereocenters.